The third kappa shape index (κ3) is 28.3. The molecule has 38 heteroatoms. The summed E-state index contributed by atoms with van der Waals surface area (Å²) in [5, 5.41) is 46.3. The minimum absolute atomic E-state index is 0.0264. The summed E-state index contributed by atoms with van der Waals surface area (Å²) in [5.41, 5.74) is 7.58. The molecule has 784 valence electrons. The van der Waals surface area contributed by atoms with Crippen molar-refractivity contribution in [3.63, 3.8) is 0 Å². The van der Waals surface area contributed by atoms with Gasteiger partial charge in [-0.15, -0.1) is 0 Å². The molecule has 7 aliphatic heterocycles. The number of carbonyl (C=O) groups is 8. The molecule has 6 saturated heterocycles. The Bertz CT molecular complexity index is 6190. The number of halogens is 2. The first-order valence-corrected chi connectivity index (χ1v) is 53.2. The van der Waals surface area contributed by atoms with Gasteiger partial charge in [0.05, 0.1) is 18.6 Å². The standard InChI is InChI=1S/C21H25N3O4.C20H24N4O3.C19H22ClN3O2.C18H20ClN3O2.C16H24N4O3.C15H23N3O2/c1-13-10-24(11-14-2-5-18-20(8-14)27-7-6-26-18)12-17(13)22-21(25)16-9-19(28-23-16)15-3-4-15;1-12-10-24(16-7-5-15(6-8-16)21-13(2)25)11-18(12)22-20(26)17-9-19(27-23-17)14-3-4-14;1-12-9-23(10-14-4-2-3-5-15(14)20)11-17(12)21-19(24)16-8-18(25-22-16)13-6-7-13;1-11-9-22(14-6-4-13(19)5-7-14)10-16(11)20-18(23)15-8-17(24-21-15)12-2-3-12;1-10-7-20(9-15(21)19(2)3)8-13(10)17-16(22)12-6-14(23-18-12)11-4-5-11;1-3-6-18-8-10(2)13(9-18)16-15(19)12-7-14(20-17-12)11-4-5-11/h2,5,8-9,13,15,17H,3-4,6-7,10-12H2,1H3,(H,22,25);5-9,12,14,18H,3-4,10-11H2,1-2H3,(H,21,25)(H,22,26);2-5,8,12-13,17H,6-7,9-11H2,1H3,(H,21,24);4-8,11-12,16H,2-3,9-10H2,1H3,(H,20,23);6,10-11,13H,4-5,7-9H2,1-3H3,(H,17,22);7,10-11,13H,3-6,8-9H2,1-2H3,(H,16,19)/t13-,17+;12-,18+;12-,17+;11-,16+;10-,13-;10-,13+/m000010/s1. The van der Waals surface area contributed by atoms with Gasteiger partial charge in [0, 0.05) is 236 Å². The van der Waals surface area contributed by atoms with E-state index in [1.807, 2.05) is 78.9 Å². The highest BCUT2D eigenvalue weighted by Crippen LogP contribution is 2.46. The molecular formula is C109H138Cl2N20O16. The van der Waals surface area contributed by atoms with Crippen molar-refractivity contribution in [3.05, 3.63) is 217 Å². The van der Waals surface area contributed by atoms with E-state index in [0.717, 1.165) is 254 Å². The van der Waals surface area contributed by atoms with Gasteiger partial charge < -0.3 is 93.4 Å². The number of aromatic nitrogens is 6. The smallest absolute Gasteiger partial charge is 0.273 e. The molecule has 6 aromatic heterocycles. The van der Waals surface area contributed by atoms with Crippen molar-refractivity contribution in [3.8, 4) is 11.5 Å². The molecular weight excluding hydrogens is 1920 g/mol. The van der Waals surface area contributed by atoms with Crippen LogP contribution in [0, 0.1) is 35.5 Å². The fraction of sp³-hybridized carbons (Fsp3) is 0.541. The number of nitrogens with one attached hydrogen (secondary N) is 7. The molecule has 13 aliphatic rings. The third-order valence-electron chi connectivity index (χ3n) is 29.8. The van der Waals surface area contributed by atoms with Gasteiger partial charge in [-0.25, -0.2) is 0 Å². The summed E-state index contributed by atoms with van der Waals surface area (Å²) in [6.07, 6.45) is 14.7. The molecule has 13 heterocycles. The minimum Gasteiger partial charge on any atom is -0.486 e. The molecule has 0 radical (unpaired) electrons. The Morgan fingerprint density at radius 1 is 0.361 bits per heavy atom. The number of likely N-dealkylation sites (N-methyl/N-ethyl adjacent to an activating group) is 1. The predicted molar refractivity (Wildman–Crippen MR) is 551 cm³/mol. The fourth-order valence-corrected chi connectivity index (χ4v) is 20.4. The number of fused-ring (bicyclic) bond motifs is 1. The first kappa shape index (κ1) is 104. The van der Waals surface area contributed by atoms with Crippen molar-refractivity contribution in [1.82, 2.24) is 87.3 Å². The Morgan fingerprint density at radius 3 is 1.03 bits per heavy atom. The number of nitrogens with zero attached hydrogens (tertiary/aromatic N) is 13. The van der Waals surface area contributed by atoms with Crippen molar-refractivity contribution in [2.45, 2.75) is 224 Å². The van der Waals surface area contributed by atoms with Crippen LogP contribution in [0.4, 0.5) is 17.1 Å². The van der Waals surface area contributed by atoms with E-state index in [9.17, 15) is 38.4 Å². The summed E-state index contributed by atoms with van der Waals surface area (Å²) in [4.78, 5) is 113. The number of carbonyl (C=O) groups excluding carboxylic acids is 8. The average Bonchev–Trinajstić information content (AvgIpc) is 1.66. The molecule has 8 amide bonds. The quantitative estimate of drug-likeness (QED) is 0.0229. The van der Waals surface area contributed by atoms with E-state index < -0.39 is 0 Å². The maximum atomic E-state index is 12.5. The molecule has 6 aliphatic carbocycles. The normalized spacial score (nSPS) is 24.1. The molecule has 12 fully saturated rings. The lowest BCUT2D eigenvalue weighted by atomic mass is 10.1. The van der Waals surface area contributed by atoms with Crippen LogP contribution in [-0.2, 0) is 22.7 Å². The summed E-state index contributed by atoms with van der Waals surface area (Å²) in [6.45, 7) is 31.1. The Balaban J connectivity index is 0.000000116. The predicted octanol–water partition coefficient (Wildman–Crippen LogP) is 15.0. The van der Waals surface area contributed by atoms with Crippen LogP contribution in [0.25, 0.3) is 0 Å². The molecule has 147 heavy (non-hydrogen) atoms. The lowest BCUT2D eigenvalue weighted by Crippen LogP contribution is -2.41. The number of rotatable bonds is 29. The Labute approximate surface area is 866 Å². The molecule has 23 rings (SSSR count). The molecule has 36 nitrogen and oxygen atoms in total. The summed E-state index contributed by atoms with van der Waals surface area (Å²) in [6, 6.07) is 40.9. The van der Waals surface area contributed by atoms with Crippen molar-refractivity contribution < 1.29 is 75.0 Å². The van der Waals surface area contributed by atoms with E-state index in [-0.39, 0.29) is 83.5 Å². The molecule has 6 saturated carbocycles. The second-order valence-electron chi connectivity index (χ2n) is 42.9. The lowest BCUT2D eigenvalue weighted by Gasteiger charge is -2.21. The summed E-state index contributed by atoms with van der Waals surface area (Å²) in [7, 11) is 3.51. The van der Waals surface area contributed by atoms with Gasteiger partial charge in [-0.2, -0.15) is 0 Å². The monoisotopic (exact) mass is 2050 g/mol. The van der Waals surface area contributed by atoms with Crippen LogP contribution in [-0.4, -0.2) is 258 Å². The van der Waals surface area contributed by atoms with Gasteiger partial charge in [0.25, 0.3) is 35.4 Å². The van der Waals surface area contributed by atoms with Crippen molar-refractivity contribution in [2.75, 3.05) is 134 Å². The van der Waals surface area contributed by atoms with Crippen LogP contribution in [0.5, 0.6) is 11.5 Å². The molecule has 0 spiro atoms. The van der Waals surface area contributed by atoms with E-state index in [4.69, 9.17) is 59.8 Å². The molecule has 12 atom stereocenters. The first-order chi connectivity index (χ1) is 70.9. The number of likely N-dealkylation sites (tertiary alicyclic amines) is 4. The van der Waals surface area contributed by atoms with Crippen LogP contribution in [0.2, 0.25) is 10.0 Å². The SMILES string of the molecule is CC(=O)Nc1ccc(N2C[C@H](C)[C@H](NC(=O)c3cc(C4CC4)on3)C2)cc1.CCCN1C[C@H](C)[C@H](NC(=O)c2cc(C3CC3)on2)C1.C[C@@H]1CN(CC(=O)N(C)C)C[C@H]1NC(=O)c1cc(C2CC2)on1.C[C@H]1CN(Cc2ccc3c(c2)OCCO3)C[C@H]1NC(=O)c1cc(C2CC2)on1.C[C@H]1CN(Cc2ccccc2Cl)C[C@H]1NC(=O)c1cc(C2CC2)on1.C[C@H]1CN(c2ccc(Cl)cc2)C[C@H]1NC(=O)c1cc(C2CC2)on1. The molecule has 0 bridgehead atoms. The zero-order chi connectivity index (χ0) is 103. The zero-order valence-corrected chi connectivity index (χ0v) is 87.1. The van der Waals surface area contributed by atoms with Crippen LogP contribution in [0.15, 0.2) is 155 Å². The van der Waals surface area contributed by atoms with Crippen LogP contribution in [0.3, 0.4) is 0 Å². The second kappa shape index (κ2) is 47.4. The van der Waals surface area contributed by atoms with E-state index in [1.165, 1.54) is 12.5 Å². The van der Waals surface area contributed by atoms with Crippen LogP contribution in [0.1, 0.15) is 283 Å². The minimum atomic E-state index is -0.196. The van der Waals surface area contributed by atoms with E-state index in [2.05, 4.69) is 158 Å². The number of amides is 8. The topological polar surface area (TPSA) is 418 Å². The Morgan fingerprint density at radius 2 is 0.680 bits per heavy atom. The third-order valence-corrected chi connectivity index (χ3v) is 30.4. The number of hydrogen-bond acceptors (Lipinski definition) is 28. The van der Waals surface area contributed by atoms with Crippen molar-refractivity contribution >= 4 is 87.5 Å². The zero-order valence-electron chi connectivity index (χ0n) is 85.5. The highest BCUT2D eigenvalue weighted by atomic mass is 35.5. The molecule has 10 aromatic rings. The summed E-state index contributed by atoms with van der Waals surface area (Å²) in [5.74, 6) is 10.7. The van der Waals surface area contributed by atoms with Crippen LogP contribution >= 0.6 is 23.2 Å². The number of anilines is 3. The van der Waals surface area contributed by atoms with Crippen molar-refractivity contribution in [2.24, 2.45) is 35.5 Å². The highest BCUT2D eigenvalue weighted by Gasteiger charge is 2.42. The van der Waals surface area contributed by atoms with E-state index >= 15 is 0 Å². The van der Waals surface area contributed by atoms with Crippen LogP contribution < -0.4 is 56.5 Å². The number of ether oxygens (including phenoxy) is 2. The van der Waals surface area contributed by atoms with E-state index in [1.54, 1.807) is 55.4 Å². The number of benzene rings is 4. The molecule has 4 aromatic carbocycles. The van der Waals surface area contributed by atoms with Gasteiger partial charge in [0.15, 0.2) is 45.7 Å². The lowest BCUT2D eigenvalue weighted by molar-refractivity contribution is -0.129. The fourth-order valence-electron chi connectivity index (χ4n) is 20.1. The average molecular weight is 2060 g/mol. The maximum absolute atomic E-state index is 12.5. The number of hydrogen-bond donors (Lipinski definition) is 7. The van der Waals surface area contributed by atoms with Gasteiger partial charge in [-0.1, -0.05) is 127 Å². The van der Waals surface area contributed by atoms with Gasteiger partial charge in [-0.05, 0) is 203 Å². The largest absolute Gasteiger partial charge is 0.486 e. The van der Waals surface area contributed by atoms with Gasteiger partial charge in [0.1, 0.15) is 47.8 Å². The van der Waals surface area contributed by atoms with Crippen molar-refractivity contribution in [1.29, 1.82) is 0 Å². The van der Waals surface area contributed by atoms with Gasteiger partial charge >= 0.3 is 0 Å². The highest BCUT2D eigenvalue weighted by molar-refractivity contribution is 6.31. The summed E-state index contributed by atoms with van der Waals surface area (Å²) < 4.78 is 42.9. The summed E-state index contributed by atoms with van der Waals surface area (Å²) >= 11 is 12.2. The van der Waals surface area contributed by atoms with Gasteiger partial charge in [-0.3, -0.25) is 53.1 Å². The maximum Gasteiger partial charge on any atom is 0.273 e. The second-order valence-corrected chi connectivity index (χ2v) is 43.7. The Kier molecular flexibility index (Phi) is 33.7. The van der Waals surface area contributed by atoms with Gasteiger partial charge in [0.2, 0.25) is 11.8 Å². The Hall–Kier alpha value is -12.5. The molecule has 0 unspecified atom stereocenters. The van der Waals surface area contributed by atoms with E-state index in [0.29, 0.717) is 131 Å². The first-order valence-electron chi connectivity index (χ1n) is 52.4. The molecule has 7 N–H and O–H groups in total.